The first-order chi connectivity index (χ1) is 8.58. The summed E-state index contributed by atoms with van der Waals surface area (Å²) in [6.07, 6.45) is 0. The molecule has 0 atom stereocenters. The summed E-state index contributed by atoms with van der Waals surface area (Å²) in [5, 5.41) is 9.04. The van der Waals surface area contributed by atoms with Gasteiger partial charge in [-0.05, 0) is 25.1 Å². The normalized spacial score (nSPS) is 10.3. The molecule has 0 aliphatic heterocycles. The van der Waals surface area contributed by atoms with Crippen molar-refractivity contribution in [1.82, 2.24) is 9.55 Å². The molecule has 2 aromatic heterocycles. The molecular weight excluding hydrogens is 232 g/mol. The van der Waals surface area contributed by atoms with E-state index in [1.165, 1.54) is 22.8 Å². The van der Waals surface area contributed by atoms with Crippen LogP contribution in [0.2, 0.25) is 0 Å². The van der Waals surface area contributed by atoms with E-state index in [1.54, 1.807) is 6.07 Å². The molecule has 0 aliphatic carbocycles. The van der Waals surface area contributed by atoms with E-state index >= 15 is 0 Å². The second-order valence-corrected chi connectivity index (χ2v) is 3.91. The molecule has 5 nitrogen and oxygen atoms in total. The van der Waals surface area contributed by atoms with Crippen LogP contribution in [0.4, 0.5) is 0 Å². The molecule has 2 aromatic rings. The molecule has 5 heteroatoms. The van der Waals surface area contributed by atoms with Gasteiger partial charge < -0.3 is 5.11 Å². The molecule has 0 aliphatic rings. The van der Waals surface area contributed by atoms with Gasteiger partial charge in [0.1, 0.15) is 5.69 Å². The highest BCUT2D eigenvalue weighted by Crippen LogP contribution is 2.03. The molecule has 1 N–H and O–H groups in total. The van der Waals surface area contributed by atoms with Crippen LogP contribution in [0.5, 0.6) is 0 Å². The van der Waals surface area contributed by atoms with Gasteiger partial charge in [0, 0.05) is 11.8 Å². The summed E-state index contributed by atoms with van der Waals surface area (Å²) in [6, 6.07) is 9.60. The van der Waals surface area contributed by atoms with Crippen LogP contribution in [0.3, 0.4) is 0 Å². The second kappa shape index (κ2) is 4.83. The molecular formula is C13H12N2O3. The number of aromatic carboxylic acids is 1. The molecule has 18 heavy (non-hydrogen) atoms. The predicted octanol–water partition coefficient (Wildman–Crippen LogP) is 1.30. The number of hydrogen-bond donors (Lipinski definition) is 1. The number of carboxylic acids is 1. The van der Waals surface area contributed by atoms with E-state index < -0.39 is 5.97 Å². The summed E-state index contributed by atoms with van der Waals surface area (Å²) in [4.78, 5) is 27.0. The zero-order valence-electron chi connectivity index (χ0n) is 9.83. The van der Waals surface area contributed by atoms with Gasteiger partial charge in [0.05, 0.1) is 12.2 Å². The summed E-state index contributed by atoms with van der Waals surface area (Å²) in [5.41, 5.74) is 1.10. The van der Waals surface area contributed by atoms with E-state index in [4.69, 9.17) is 5.11 Å². The molecule has 2 heterocycles. The minimum absolute atomic E-state index is 0.0363. The third-order valence-electron chi connectivity index (χ3n) is 2.53. The molecule has 0 radical (unpaired) electrons. The molecule has 2 rings (SSSR count). The van der Waals surface area contributed by atoms with E-state index in [0.717, 1.165) is 5.69 Å². The molecule has 0 saturated heterocycles. The second-order valence-electron chi connectivity index (χ2n) is 3.91. The number of aromatic nitrogens is 2. The quantitative estimate of drug-likeness (QED) is 0.883. The number of carbonyl (C=O) groups is 1. The number of aryl methyl sites for hydroxylation is 1. The monoisotopic (exact) mass is 244 g/mol. The van der Waals surface area contributed by atoms with Gasteiger partial charge in [-0.1, -0.05) is 12.1 Å². The Hall–Kier alpha value is -2.43. The summed E-state index contributed by atoms with van der Waals surface area (Å²) in [6.45, 7) is 2.00. The van der Waals surface area contributed by atoms with E-state index in [9.17, 15) is 9.59 Å². The third-order valence-corrected chi connectivity index (χ3v) is 2.53. The molecule has 0 spiro atoms. The van der Waals surface area contributed by atoms with Crippen LogP contribution in [0, 0.1) is 6.92 Å². The number of nitrogens with zero attached hydrogens (tertiary/aromatic N) is 2. The Morgan fingerprint density at radius 1 is 1.28 bits per heavy atom. The number of pyridine rings is 2. The van der Waals surface area contributed by atoms with Gasteiger partial charge in [-0.25, -0.2) is 4.79 Å². The SMILES string of the molecule is Cc1cccc(Cn2c(C(=O)O)cccc2=O)n1. The summed E-state index contributed by atoms with van der Waals surface area (Å²) < 4.78 is 1.20. The molecule has 0 saturated carbocycles. The Balaban J connectivity index is 2.46. The maximum atomic E-state index is 11.7. The van der Waals surface area contributed by atoms with Gasteiger partial charge in [0.15, 0.2) is 0 Å². The zero-order chi connectivity index (χ0) is 13.1. The van der Waals surface area contributed by atoms with E-state index in [0.29, 0.717) is 5.69 Å². The van der Waals surface area contributed by atoms with Crippen LogP contribution >= 0.6 is 0 Å². The Bertz CT molecular complexity index is 647. The van der Waals surface area contributed by atoms with E-state index in [1.807, 2.05) is 19.1 Å². The van der Waals surface area contributed by atoms with Crippen molar-refractivity contribution >= 4 is 5.97 Å². The largest absolute Gasteiger partial charge is 0.477 e. The Morgan fingerprint density at radius 3 is 2.67 bits per heavy atom. The Morgan fingerprint density at radius 2 is 2.00 bits per heavy atom. The Labute approximate surface area is 103 Å². The van der Waals surface area contributed by atoms with Crippen molar-refractivity contribution in [2.75, 3.05) is 0 Å². The number of rotatable bonds is 3. The average molecular weight is 244 g/mol. The van der Waals surface area contributed by atoms with Crippen molar-refractivity contribution < 1.29 is 9.90 Å². The average Bonchev–Trinajstić information content (AvgIpc) is 2.31. The van der Waals surface area contributed by atoms with Crippen LogP contribution in [0.25, 0.3) is 0 Å². The van der Waals surface area contributed by atoms with Crippen molar-refractivity contribution in [3.05, 3.63) is 63.8 Å². The van der Waals surface area contributed by atoms with Crippen molar-refractivity contribution in [2.24, 2.45) is 0 Å². The van der Waals surface area contributed by atoms with E-state index in [2.05, 4.69) is 4.98 Å². The molecule has 0 fully saturated rings. The summed E-state index contributed by atoms with van der Waals surface area (Å²) in [5.74, 6) is -1.12. The minimum atomic E-state index is -1.12. The van der Waals surface area contributed by atoms with Crippen LogP contribution < -0.4 is 5.56 Å². The Kier molecular flexibility index (Phi) is 3.23. The molecule has 0 unspecified atom stereocenters. The smallest absolute Gasteiger partial charge is 0.352 e. The van der Waals surface area contributed by atoms with Crippen molar-refractivity contribution in [2.45, 2.75) is 13.5 Å². The highest BCUT2D eigenvalue weighted by Gasteiger charge is 2.11. The van der Waals surface area contributed by atoms with Crippen molar-refractivity contribution in [3.8, 4) is 0 Å². The predicted molar refractivity (Wildman–Crippen MR) is 65.7 cm³/mol. The first kappa shape index (κ1) is 12.0. The van der Waals surface area contributed by atoms with Crippen LogP contribution in [0.15, 0.2) is 41.2 Å². The van der Waals surface area contributed by atoms with Gasteiger partial charge in [-0.15, -0.1) is 0 Å². The molecule has 0 bridgehead atoms. The van der Waals surface area contributed by atoms with Gasteiger partial charge in [-0.3, -0.25) is 14.3 Å². The van der Waals surface area contributed by atoms with Gasteiger partial charge in [0.25, 0.3) is 5.56 Å². The zero-order valence-corrected chi connectivity index (χ0v) is 9.83. The standard InChI is InChI=1S/C13H12N2O3/c1-9-4-2-5-10(14-9)8-15-11(13(17)18)6-3-7-12(15)16/h2-7H,8H2,1H3,(H,17,18). The van der Waals surface area contributed by atoms with Crippen LogP contribution in [0.1, 0.15) is 21.9 Å². The third kappa shape index (κ3) is 2.45. The molecule has 92 valence electrons. The number of hydrogen-bond acceptors (Lipinski definition) is 3. The lowest BCUT2D eigenvalue weighted by molar-refractivity contribution is 0.0684. The topological polar surface area (TPSA) is 72.2 Å². The fraction of sp³-hybridized carbons (Fsp3) is 0.154. The lowest BCUT2D eigenvalue weighted by atomic mass is 10.2. The van der Waals surface area contributed by atoms with Crippen molar-refractivity contribution in [1.29, 1.82) is 0 Å². The van der Waals surface area contributed by atoms with Crippen LogP contribution in [-0.4, -0.2) is 20.6 Å². The highest BCUT2D eigenvalue weighted by molar-refractivity contribution is 5.85. The summed E-state index contributed by atoms with van der Waals surface area (Å²) in [7, 11) is 0. The molecule has 0 amide bonds. The maximum Gasteiger partial charge on any atom is 0.352 e. The van der Waals surface area contributed by atoms with Gasteiger partial charge >= 0.3 is 5.97 Å². The fourth-order valence-electron chi connectivity index (χ4n) is 1.72. The minimum Gasteiger partial charge on any atom is -0.477 e. The maximum absolute atomic E-state index is 11.7. The summed E-state index contributed by atoms with van der Waals surface area (Å²) >= 11 is 0. The first-order valence-corrected chi connectivity index (χ1v) is 5.43. The highest BCUT2D eigenvalue weighted by atomic mass is 16.4. The van der Waals surface area contributed by atoms with E-state index in [-0.39, 0.29) is 17.8 Å². The van der Waals surface area contributed by atoms with Crippen molar-refractivity contribution in [3.63, 3.8) is 0 Å². The fourth-order valence-corrected chi connectivity index (χ4v) is 1.72. The van der Waals surface area contributed by atoms with Crippen LogP contribution in [-0.2, 0) is 6.54 Å². The van der Waals surface area contributed by atoms with Gasteiger partial charge in [0.2, 0.25) is 0 Å². The number of carboxylic acid groups (broad SMARTS) is 1. The lowest BCUT2D eigenvalue weighted by Gasteiger charge is -2.09. The van der Waals surface area contributed by atoms with Gasteiger partial charge in [-0.2, -0.15) is 0 Å². The molecule has 0 aromatic carbocycles. The lowest BCUT2D eigenvalue weighted by Crippen LogP contribution is -2.25. The first-order valence-electron chi connectivity index (χ1n) is 5.43.